The van der Waals surface area contributed by atoms with Gasteiger partial charge in [-0.15, -0.1) is 0 Å². The molecular formula is C24H25N5O. The van der Waals surface area contributed by atoms with Crippen LogP contribution in [0.4, 0.5) is 0 Å². The van der Waals surface area contributed by atoms with Gasteiger partial charge in [-0.25, -0.2) is 9.50 Å². The van der Waals surface area contributed by atoms with Gasteiger partial charge in [0, 0.05) is 23.9 Å². The normalized spacial score (nSPS) is 17.7. The number of hydrogen-bond donors (Lipinski definition) is 0. The molecule has 3 aromatic rings. The second-order valence-electron chi connectivity index (χ2n) is 8.45. The molecule has 1 fully saturated rings. The van der Waals surface area contributed by atoms with Crippen molar-refractivity contribution in [2.75, 3.05) is 0 Å². The van der Waals surface area contributed by atoms with Crippen LogP contribution in [0.25, 0.3) is 5.65 Å². The fourth-order valence-corrected chi connectivity index (χ4v) is 4.92. The second-order valence-corrected chi connectivity index (χ2v) is 8.45. The van der Waals surface area contributed by atoms with E-state index in [2.05, 4.69) is 45.3 Å². The first kappa shape index (κ1) is 18.8. The molecule has 1 amide bonds. The third kappa shape index (κ3) is 3.06. The van der Waals surface area contributed by atoms with Gasteiger partial charge in [0.2, 0.25) is 5.91 Å². The van der Waals surface area contributed by atoms with Crippen molar-refractivity contribution in [1.82, 2.24) is 19.5 Å². The summed E-state index contributed by atoms with van der Waals surface area (Å²) in [5.41, 5.74) is 6.65. The monoisotopic (exact) mass is 399 g/mol. The van der Waals surface area contributed by atoms with E-state index >= 15 is 0 Å². The Balaban J connectivity index is 1.38. The third-order valence-corrected chi connectivity index (χ3v) is 6.58. The van der Waals surface area contributed by atoms with Gasteiger partial charge in [-0.3, -0.25) is 4.79 Å². The van der Waals surface area contributed by atoms with E-state index in [-0.39, 0.29) is 11.9 Å². The summed E-state index contributed by atoms with van der Waals surface area (Å²) < 4.78 is 1.72. The lowest BCUT2D eigenvalue weighted by Gasteiger charge is -2.30. The van der Waals surface area contributed by atoms with Crippen molar-refractivity contribution in [1.29, 1.82) is 5.26 Å². The molecule has 0 N–H and O–H groups in total. The highest BCUT2D eigenvalue weighted by Gasteiger charge is 2.40. The van der Waals surface area contributed by atoms with Gasteiger partial charge in [-0.05, 0) is 62.6 Å². The molecule has 2 aliphatic carbocycles. The van der Waals surface area contributed by atoms with Crippen LogP contribution in [-0.4, -0.2) is 31.4 Å². The van der Waals surface area contributed by atoms with E-state index in [0.717, 1.165) is 42.6 Å². The van der Waals surface area contributed by atoms with Crippen LogP contribution in [0.5, 0.6) is 0 Å². The Hall–Kier alpha value is -3.20. The summed E-state index contributed by atoms with van der Waals surface area (Å²) in [5.74, 6) is 0.233. The van der Waals surface area contributed by atoms with Gasteiger partial charge in [-0.1, -0.05) is 24.3 Å². The molecule has 1 unspecified atom stereocenters. The number of carbonyl (C=O) groups is 1. The lowest BCUT2D eigenvalue weighted by atomic mass is 10.0. The van der Waals surface area contributed by atoms with Gasteiger partial charge in [0.05, 0.1) is 12.2 Å². The maximum atomic E-state index is 13.4. The zero-order valence-electron chi connectivity index (χ0n) is 17.4. The van der Waals surface area contributed by atoms with Crippen LogP contribution in [0.1, 0.15) is 65.4 Å². The molecule has 0 spiro atoms. The summed E-state index contributed by atoms with van der Waals surface area (Å²) in [6.07, 6.45) is 6.96. The highest BCUT2D eigenvalue weighted by molar-refractivity contribution is 5.78. The van der Waals surface area contributed by atoms with Crippen LogP contribution in [0.2, 0.25) is 0 Å². The van der Waals surface area contributed by atoms with Gasteiger partial charge in [-0.2, -0.15) is 10.4 Å². The maximum absolute atomic E-state index is 13.4. The standard InChI is InChI=1S/C24H25N5O/c1-15-20(16(2)29-24(27-15)18(13-25)14-26-29)10-12-23(30)28(19-8-9-19)22-11-7-17-5-3-4-6-21(17)22/h3-6,14,19,22H,7-12H2,1-2H3. The summed E-state index contributed by atoms with van der Waals surface area (Å²) >= 11 is 0. The number of nitriles is 1. The average molecular weight is 399 g/mol. The Bertz CT molecular complexity index is 1180. The molecule has 30 heavy (non-hydrogen) atoms. The minimum absolute atomic E-state index is 0.216. The Labute approximate surface area is 176 Å². The Kier molecular flexibility index (Phi) is 4.54. The summed E-state index contributed by atoms with van der Waals surface area (Å²) in [6, 6.07) is 11.3. The largest absolute Gasteiger partial charge is 0.333 e. The number of benzene rings is 1. The maximum Gasteiger partial charge on any atom is 0.223 e. The minimum Gasteiger partial charge on any atom is -0.333 e. The van der Waals surface area contributed by atoms with Gasteiger partial charge in [0.25, 0.3) is 0 Å². The fraction of sp³-hybridized carbons (Fsp3) is 0.417. The third-order valence-electron chi connectivity index (χ3n) is 6.58. The van der Waals surface area contributed by atoms with Crippen molar-refractivity contribution in [3.05, 3.63) is 64.1 Å². The Morgan fingerprint density at radius 3 is 2.83 bits per heavy atom. The molecule has 0 radical (unpaired) electrons. The first-order valence-corrected chi connectivity index (χ1v) is 10.7. The number of rotatable bonds is 5. The molecule has 152 valence electrons. The summed E-state index contributed by atoms with van der Waals surface area (Å²) in [6.45, 7) is 3.94. The van der Waals surface area contributed by atoms with Crippen LogP contribution in [0.15, 0.2) is 30.5 Å². The molecule has 2 heterocycles. The molecule has 1 aromatic carbocycles. The van der Waals surface area contributed by atoms with E-state index in [1.807, 2.05) is 13.8 Å². The van der Waals surface area contributed by atoms with E-state index in [9.17, 15) is 10.1 Å². The zero-order chi connectivity index (χ0) is 20.8. The fourth-order valence-electron chi connectivity index (χ4n) is 4.92. The molecule has 0 bridgehead atoms. The van der Waals surface area contributed by atoms with E-state index < -0.39 is 0 Å². The van der Waals surface area contributed by atoms with Gasteiger partial charge >= 0.3 is 0 Å². The van der Waals surface area contributed by atoms with Crippen molar-refractivity contribution >= 4 is 11.6 Å². The lowest BCUT2D eigenvalue weighted by Crippen LogP contribution is -2.36. The van der Waals surface area contributed by atoms with Gasteiger partial charge in [0.15, 0.2) is 5.65 Å². The molecular weight excluding hydrogens is 374 g/mol. The van der Waals surface area contributed by atoms with E-state index in [0.29, 0.717) is 30.1 Å². The zero-order valence-corrected chi connectivity index (χ0v) is 17.4. The molecule has 0 saturated heterocycles. The lowest BCUT2D eigenvalue weighted by molar-refractivity contribution is -0.134. The summed E-state index contributed by atoms with van der Waals surface area (Å²) in [5, 5.41) is 13.6. The number of nitrogens with zero attached hydrogens (tertiary/aromatic N) is 5. The van der Waals surface area contributed by atoms with E-state index in [1.54, 1.807) is 10.7 Å². The molecule has 1 saturated carbocycles. The van der Waals surface area contributed by atoms with Crippen molar-refractivity contribution in [2.24, 2.45) is 0 Å². The SMILES string of the molecule is Cc1nc2c(C#N)cnn2c(C)c1CCC(=O)N(C1CC1)C1CCc2ccccc21. The Morgan fingerprint density at radius 2 is 2.07 bits per heavy atom. The van der Waals surface area contributed by atoms with Crippen molar-refractivity contribution in [3.63, 3.8) is 0 Å². The molecule has 2 aliphatic rings. The van der Waals surface area contributed by atoms with E-state index in [1.165, 1.54) is 11.1 Å². The first-order valence-electron chi connectivity index (χ1n) is 10.7. The van der Waals surface area contributed by atoms with Gasteiger partial charge < -0.3 is 4.90 Å². The number of fused-ring (bicyclic) bond motifs is 2. The van der Waals surface area contributed by atoms with Crippen molar-refractivity contribution in [3.8, 4) is 6.07 Å². The number of aromatic nitrogens is 3. The van der Waals surface area contributed by atoms with Crippen LogP contribution < -0.4 is 0 Å². The molecule has 2 aromatic heterocycles. The number of aryl methyl sites for hydroxylation is 3. The topological polar surface area (TPSA) is 74.3 Å². The summed E-state index contributed by atoms with van der Waals surface area (Å²) in [4.78, 5) is 20.1. The van der Waals surface area contributed by atoms with Gasteiger partial charge in [0.1, 0.15) is 11.6 Å². The highest BCUT2D eigenvalue weighted by atomic mass is 16.2. The first-order chi connectivity index (χ1) is 14.6. The van der Waals surface area contributed by atoms with Crippen LogP contribution >= 0.6 is 0 Å². The van der Waals surface area contributed by atoms with Crippen LogP contribution in [-0.2, 0) is 17.6 Å². The highest BCUT2D eigenvalue weighted by Crippen LogP contribution is 2.42. The predicted octanol–water partition coefficient (Wildman–Crippen LogP) is 3.83. The predicted molar refractivity (Wildman–Crippen MR) is 113 cm³/mol. The minimum atomic E-state index is 0.216. The van der Waals surface area contributed by atoms with Crippen molar-refractivity contribution in [2.45, 2.75) is 64.5 Å². The van der Waals surface area contributed by atoms with E-state index in [4.69, 9.17) is 0 Å². The second kappa shape index (κ2) is 7.24. The van der Waals surface area contributed by atoms with Crippen LogP contribution in [0.3, 0.4) is 0 Å². The molecule has 6 heteroatoms. The molecule has 1 atom stereocenters. The smallest absolute Gasteiger partial charge is 0.223 e. The molecule has 5 rings (SSSR count). The van der Waals surface area contributed by atoms with Crippen molar-refractivity contribution < 1.29 is 4.79 Å². The van der Waals surface area contributed by atoms with Crippen LogP contribution in [0, 0.1) is 25.2 Å². The average Bonchev–Trinajstić information content (AvgIpc) is 3.35. The Morgan fingerprint density at radius 1 is 1.27 bits per heavy atom. The quantitative estimate of drug-likeness (QED) is 0.653. The molecule has 0 aliphatic heterocycles. The number of carbonyl (C=O) groups excluding carboxylic acids is 1. The number of amides is 1. The molecule has 6 nitrogen and oxygen atoms in total. The number of hydrogen-bond acceptors (Lipinski definition) is 4. The summed E-state index contributed by atoms with van der Waals surface area (Å²) in [7, 11) is 0.